The average molecular weight is 359 g/mol. The lowest BCUT2D eigenvalue weighted by Crippen LogP contribution is -2.19. The Morgan fingerprint density at radius 1 is 1.07 bits per heavy atom. The van der Waals surface area contributed by atoms with Gasteiger partial charge in [-0.25, -0.2) is 9.97 Å². The van der Waals surface area contributed by atoms with Crippen molar-refractivity contribution in [3.05, 3.63) is 71.8 Å². The molecule has 0 radical (unpaired) electrons. The summed E-state index contributed by atoms with van der Waals surface area (Å²) in [6.45, 7) is 2.70. The molecule has 136 valence electrons. The Balaban J connectivity index is 1.68. The number of nitrogens with zero attached hydrogens (tertiary/aromatic N) is 4. The molecule has 6 nitrogen and oxygen atoms in total. The number of anilines is 1. The van der Waals surface area contributed by atoms with Crippen molar-refractivity contribution in [3.8, 4) is 11.3 Å². The Labute approximate surface area is 157 Å². The highest BCUT2D eigenvalue weighted by Crippen LogP contribution is 2.29. The minimum absolute atomic E-state index is 0.0421. The van der Waals surface area contributed by atoms with Crippen molar-refractivity contribution in [2.24, 2.45) is 0 Å². The van der Waals surface area contributed by atoms with Crippen molar-refractivity contribution in [2.75, 3.05) is 11.9 Å². The summed E-state index contributed by atoms with van der Waals surface area (Å²) in [4.78, 5) is 18.9. The first-order valence-corrected chi connectivity index (χ1v) is 8.81. The van der Waals surface area contributed by atoms with E-state index < -0.39 is 0 Å². The molecule has 3 aromatic heterocycles. The molecule has 4 aromatic rings. The standard InChI is InChI=1S/C21H21N5O/c1-14-4-3-5-17(24-14)11-26(2)21-18-10-19(25-20(18)22-13-23-21)16-8-6-15(12-27)7-9-16/h3-10,13,27H,11-12H2,1-2H3,(H,22,23,25). The summed E-state index contributed by atoms with van der Waals surface area (Å²) in [6.07, 6.45) is 1.58. The third-order valence-electron chi connectivity index (χ3n) is 4.56. The molecule has 0 saturated heterocycles. The Morgan fingerprint density at radius 3 is 2.63 bits per heavy atom. The fraction of sp³-hybridized carbons (Fsp3) is 0.190. The second-order valence-corrected chi connectivity index (χ2v) is 6.62. The van der Waals surface area contributed by atoms with E-state index in [4.69, 9.17) is 0 Å². The lowest BCUT2D eigenvalue weighted by atomic mass is 10.1. The number of aromatic amines is 1. The summed E-state index contributed by atoms with van der Waals surface area (Å²) in [7, 11) is 2.01. The first-order valence-electron chi connectivity index (χ1n) is 8.81. The molecule has 0 spiro atoms. The van der Waals surface area contributed by atoms with Crippen molar-refractivity contribution in [1.29, 1.82) is 0 Å². The van der Waals surface area contributed by atoms with Gasteiger partial charge in [0, 0.05) is 18.4 Å². The predicted molar refractivity (Wildman–Crippen MR) is 106 cm³/mol. The molecule has 0 aliphatic heterocycles. The molecule has 0 aliphatic rings. The maximum atomic E-state index is 9.21. The van der Waals surface area contributed by atoms with E-state index in [-0.39, 0.29) is 6.61 Å². The summed E-state index contributed by atoms with van der Waals surface area (Å²) >= 11 is 0. The van der Waals surface area contributed by atoms with Crippen LogP contribution in [0.3, 0.4) is 0 Å². The number of hydrogen-bond donors (Lipinski definition) is 2. The SMILES string of the molecule is Cc1cccc(CN(C)c2ncnc3[nH]c(-c4ccc(CO)cc4)cc23)n1. The van der Waals surface area contributed by atoms with Gasteiger partial charge in [-0.3, -0.25) is 4.98 Å². The quantitative estimate of drug-likeness (QED) is 0.571. The van der Waals surface area contributed by atoms with Gasteiger partial charge in [0.15, 0.2) is 0 Å². The van der Waals surface area contributed by atoms with Gasteiger partial charge in [0.2, 0.25) is 0 Å². The van der Waals surface area contributed by atoms with Crippen LogP contribution in [0, 0.1) is 6.92 Å². The topological polar surface area (TPSA) is 77.9 Å². The molecule has 6 heteroatoms. The molecule has 0 aliphatic carbocycles. The Kier molecular flexibility index (Phi) is 4.56. The molecular weight excluding hydrogens is 338 g/mol. The zero-order chi connectivity index (χ0) is 18.8. The fourth-order valence-electron chi connectivity index (χ4n) is 3.18. The van der Waals surface area contributed by atoms with Crippen LogP contribution in [0.2, 0.25) is 0 Å². The number of aliphatic hydroxyl groups is 1. The summed E-state index contributed by atoms with van der Waals surface area (Å²) in [6, 6.07) is 15.9. The van der Waals surface area contributed by atoms with Gasteiger partial charge in [0.05, 0.1) is 24.2 Å². The molecule has 0 unspecified atom stereocenters. The number of aryl methyl sites for hydroxylation is 1. The maximum absolute atomic E-state index is 9.21. The van der Waals surface area contributed by atoms with Crippen molar-refractivity contribution in [2.45, 2.75) is 20.1 Å². The third-order valence-corrected chi connectivity index (χ3v) is 4.56. The van der Waals surface area contributed by atoms with Crippen LogP contribution in [0.25, 0.3) is 22.3 Å². The third kappa shape index (κ3) is 3.52. The van der Waals surface area contributed by atoms with Crippen molar-refractivity contribution < 1.29 is 5.11 Å². The number of aromatic nitrogens is 4. The monoisotopic (exact) mass is 359 g/mol. The summed E-state index contributed by atoms with van der Waals surface area (Å²) in [5, 5.41) is 10.2. The second-order valence-electron chi connectivity index (χ2n) is 6.62. The van der Waals surface area contributed by atoms with Crippen LogP contribution >= 0.6 is 0 Å². The number of benzene rings is 1. The molecule has 2 N–H and O–H groups in total. The van der Waals surface area contributed by atoms with E-state index in [1.807, 2.05) is 56.4 Å². The Hall–Kier alpha value is -3.25. The average Bonchev–Trinajstić information content (AvgIpc) is 3.12. The molecule has 0 bridgehead atoms. The van der Waals surface area contributed by atoms with Gasteiger partial charge < -0.3 is 15.0 Å². The van der Waals surface area contributed by atoms with Crippen LogP contribution in [-0.2, 0) is 13.2 Å². The van der Waals surface area contributed by atoms with Gasteiger partial charge >= 0.3 is 0 Å². The zero-order valence-electron chi connectivity index (χ0n) is 15.3. The first kappa shape index (κ1) is 17.2. The zero-order valence-corrected chi connectivity index (χ0v) is 15.3. The number of pyridine rings is 1. The van der Waals surface area contributed by atoms with E-state index in [9.17, 15) is 5.11 Å². The Morgan fingerprint density at radius 2 is 1.89 bits per heavy atom. The van der Waals surface area contributed by atoms with E-state index in [0.29, 0.717) is 6.54 Å². The highest BCUT2D eigenvalue weighted by Gasteiger charge is 2.13. The van der Waals surface area contributed by atoms with Gasteiger partial charge in [-0.05, 0) is 36.2 Å². The minimum atomic E-state index is 0.0421. The van der Waals surface area contributed by atoms with Crippen LogP contribution in [0.15, 0.2) is 54.9 Å². The minimum Gasteiger partial charge on any atom is -0.392 e. The van der Waals surface area contributed by atoms with E-state index in [1.165, 1.54) is 0 Å². The van der Waals surface area contributed by atoms with Crippen molar-refractivity contribution in [1.82, 2.24) is 19.9 Å². The lowest BCUT2D eigenvalue weighted by molar-refractivity contribution is 0.282. The largest absolute Gasteiger partial charge is 0.392 e. The lowest BCUT2D eigenvalue weighted by Gasteiger charge is -2.18. The first-order chi connectivity index (χ1) is 13.1. The summed E-state index contributed by atoms with van der Waals surface area (Å²) in [5.74, 6) is 0.859. The van der Waals surface area contributed by atoms with Crippen LogP contribution in [0.4, 0.5) is 5.82 Å². The summed E-state index contributed by atoms with van der Waals surface area (Å²) in [5.41, 5.74) is 5.70. The number of hydrogen-bond acceptors (Lipinski definition) is 5. The number of fused-ring (bicyclic) bond motifs is 1. The van der Waals surface area contributed by atoms with Gasteiger partial charge in [0.1, 0.15) is 17.8 Å². The molecular formula is C21H21N5O. The van der Waals surface area contributed by atoms with Crippen molar-refractivity contribution in [3.63, 3.8) is 0 Å². The molecule has 1 aromatic carbocycles. The predicted octanol–water partition coefficient (Wildman–Crippen LogP) is 3.46. The highest BCUT2D eigenvalue weighted by molar-refractivity contribution is 5.91. The number of nitrogens with one attached hydrogen (secondary N) is 1. The van der Waals surface area contributed by atoms with E-state index >= 15 is 0 Å². The Bertz CT molecular complexity index is 1070. The van der Waals surface area contributed by atoms with E-state index in [0.717, 1.165) is 45.1 Å². The van der Waals surface area contributed by atoms with Gasteiger partial charge in [-0.2, -0.15) is 0 Å². The second kappa shape index (κ2) is 7.17. The number of H-pyrrole nitrogens is 1. The molecule has 0 atom stereocenters. The maximum Gasteiger partial charge on any atom is 0.143 e. The fourth-order valence-corrected chi connectivity index (χ4v) is 3.18. The van der Waals surface area contributed by atoms with Crippen LogP contribution in [-0.4, -0.2) is 32.1 Å². The van der Waals surface area contributed by atoms with E-state index in [2.05, 4.69) is 30.9 Å². The molecule has 4 rings (SSSR count). The van der Waals surface area contributed by atoms with Gasteiger partial charge in [-0.1, -0.05) is 30.3 Å². The van der Waals surface area contributed by atoms with Crippen LogP contribution in [0.5, 0.6) is 0 Å². The van der Waals surface area contributed by atoms with Crippen molar-refractivity contribution >= 4 is 16.9 Å². The van der Waals surface area contributed by atoms with Crippen LogP contribution < -0.4 is 4.90 Å². The summed E-state index contributed by atoms with van der Waals surface area (Å²) < 4.78 is 0. The van der Waals surface area contributed by atoms with Gasteiger partial charge in [-0.15, -0.1) is 0 Å². The molecule has 0 amide bonds. The smallest absolute Gasteiger partial charge is 0.143 e. The highest BCUT2D eigenvalue weighted by atomic mass is 16.3. The molecule has 0 saturated carbocycles. The molecule has 3 heterocycles. The van der Waals surface area contributed by atoms with Gasteiger partial charge in [0.25, 0.3) is 0 Å². The number of rotatable bonds is 5. The molecule has 0 fully saturated rings. The number of aliphatic hydroxyl groups excluding tert-OH is 1. The molecule has 27 heavy (non-hydrogen) atoms. The normalized spacial score (nSPS) is 11.1. The van der Waals surface area contributed by atoms with E-state index in [1.54, 1.807) is 6.33 Å². The van der Waals surface area contributed by atoms with Crippen LogP contribution in [0.1, 0.15) is 17.0 Å².